The number of carbonyl (C=O) groups is 1. The van der Waals surface area contributed by atoms with Crippen LogP contribution in [0.3, 0.4) is 0 Å². The molecule has 190 valence electrons. The number of nitrogens with zero attached hydrogens (tertiary/aromatic N) is 5. The van der Waals surface area contributed by atoms with Crippen LogP contribution >= 0.6 is 0 Å². The predicted octanol–water partition coefficient (Wildman–Crippen LogP) is 3.01. The van der Waals surface area contributed by atoms with Crippen molar-refractivity contribution in [1.29, 1.82) is 0 Å². The van der Waals surface area contributed by atoms with E-state index in [9.17, 15) is 14.7 Å². The quantitative estimate of drug-likeness (QED) is 0.388. The number of aliphatic hydroxyl groups excluding tert-OH is 1. The van der Waals surface area contributed by atoms with E-state index < -0.39 is 6.10 Å². The maximum absolute atomic E-state index is 13.8. The van der Waals surface area contributed by atoms with E-state index >= 15 is 0 Å². The summed E-state index contributed by atoms with van der Waals surface area (Å²) in [5.41, 5.74) is 8.29. The van der Waals surface area contributed by atoms with E-state index in [0.717, 1.165) is 34.4 Å². The first-order valence-electron chi connectivity index (χ1n) is 12.6. The zero-order valence-corrected chi connectivity index (χ0v) is 21.2. The van der Waals surface area contributed by atoms with E-state index in [1.807, 2.05) is 48.5 Å². The van der Waals surface area contributed by atoms with Gasteiger partial charge in [0.15, 0.2) is 0 Å². The Morgan fingerprint density at radius 3 is 2.57 bits per heavy atom. The van der Waals surface area contributed by atoms with E-state index in [4.69, 9.17) is 0 Å². The Kier molecular flexibility index (Phi) is 6.71. The van der Waals surface area contributed by atoms with E-state index in [-0.39, 0.29) is 24.4 Å². The van der Waals surface area contributed by atoms with Crippen LogP contribution in [0.2, 0.25) is 0 Å². The normalized spacial score (nSPS) is 14.2. The number of amides is 1. The lowest BCUT2D eigenvalue weighted by Crippen LogP contribution is -2.32. The van der Waals surface area contributed by atoms with Crippen molar-refractivity contribution in [2.24, 2.45) is 5.10 Å². The molecule has 0 spiro atoms. The van der Waals surface area contributed by atoms with Crippen LogP contribution in [0.25, 0.3) is 16.9 Å². The number of aromatic nitrogens is 4. The summed E-state index contributed by atoms with van der Waals surface area (Å²) in [5.74, 6) is 0.873. The van der Waals surface area contributed by atoms with Crippen LogP contribution in [0.5, 0.6) is 0 Å². The van der Waals surface area contributed by atoms with Crippen molar-refractivity contribution in [3.63, 3.8) is 0 Å². The molecule has 0 fully saturated rings. The van der Waals surface area contributed by atoms with Gasteiger partial charge in [0.1, 0.15) is 5.82 Å². The van der Waals surface area contributed by atoms with Gasteiger partial charge < -0.3 is 5.11 Å². The van der Waals surface area contributed by atoms with Crippen molar-refractivity contribution in [3.8, 4) is 11.1 Å². The molecule has 3 heterocycles. The number of benzene rings is 2. The summed E-state index contributed by atoms with van der Waals surface area (Å²) in [6.45, 7) is 5.64. The fraction of sp³-hybridized carbons (Fsp3) is 0.321. The van der Waals surface area contributed by atoms with E-state index in [1.165, 1.54) is 4.57 Å². The second-order valence-corrected chi connectivity index (χ2v) is 9.50. The topological polar surface area (TPSA) is 114 Å². The zero-order chi connectivity index (χ0) is 26.1. The lowest BCUT2D eigenvalue weighted by Gasteiger charge is -2.17. The van der Waals surface area contributed by atoms with Gasteiger partial charge in [-0.3, -0.25) is 14.2 Å². The van der Waals surface area contributed by atoms with Crippen LogP contribution in [0, 0.1) is 6.92 Å². The highest BCUT2D eigenvalue weighted by Gasteiger charge is 2.23. The van der Waals surface area contributed by atoms with Gasteiger partial charge in [-0.25, -0.2) is 9.94 Å². The molecule has 4 aromatic rings. The Morgan fingerprint density at radius 2 is 1.89 bits per heavy atom. The molecule has 5 rings (SSSR count). The van der Waals surface area contributed by atoms with Crippen molar-refractivity contribution in [1.82, 2.24) is 24.6 Å². The molecule has 37 heavy (non-hydrogen) atoms. The summed E-state index contributed by atoms with van der Waals surface area (Å²) in [5, 5.41) is 19.0. The second-order valence-electron chi connectivity index (χ2n) is 9.50. The Labute approximate surface area is 214 Å². The third-order valence-corrected chi connectivity index (χ3v) is 6.48. The van der Waals surface area contributed by atoms with Crippen LogP contribution in [0.4, 0.5) is 0 Å². The number of rotatable bonds is 8. The number of nitrogens with one attached hydrogen (secondary N) is 1. The van der Waals surface area contributed by atoms with Gasteiger partial charge in [-0.15, -0.1) is 0 Å². The lowest BCUT2D eigenvalue weighted by molar-refractivity contribution is -0.119. The largest absolute Gasteiger partial charge is 0.392 e. The summed E-state index contributed by atoms with van der Waals surface area (Å²) in [6.07, 6.45) is 1.36. The number of aliphatic hydroxyl groups is 1. The van der Waals surface area contributed by atoms with Crippen molar-refractivity contribution in [3.05, 3.63) is 87.1 Å². The maximum atomic E-state index is 13.8. The molecule has 1 aliphatic heterocycles. The molecular weight excluding hydrogens is 468 g/mol. The minimum Gasteiger partial charge on any atom is -0.392 e. The highest BCUT2D eigenvalue weighted by Crippen LogP contribution is 2.28. The molecule has 0 bridgehead atoms. The Bertz CT molecular complexity index is 1570. The van der Waals surface area contributed by atoms with E-state index in [2.05, 4.69) is 27.5 Å². The van der Waals surface area contributed by atoms with Crippen molar-refractivity contribution >= 4 is 17.4 Å². The van der Waals surface area contributed by atoms with Crippen LogP contribution in [-0.4, -0.2) is 42.0 Å². The minimum absolute atomic E-state index is 0.128. The number of fused-ring (bicyclic) bond motifs is 1. The number of aryl methyl sites for hydroxylation is 2. The summed E-state index contributed by atoms with van der Waals surface area (Å²) in [7, 11) is 0. The Hall–Kier alpha value is -4.11. The average molecular weight is 499 g/mol. The first kappa shape index (κ1) is 24.6. The molecule has 9 nitrogen and oxygen atoms in total. The molecule has 2 aromatic carbocycles. The third-order valence-electron chi connectivity index (χ3n) is 6.48. The first-order chi connectivity index (χ1) is 17.9. The molecule has 2 aromatic heterocycles. The fourth-order valence-corrected chi connectivity index (χ4v) is 4.89. The number of hydrogen-bond donors (Lipinski definition) is 2. The van der Waals surface area contributed by atoms with Gasteiger partial charge in [-0.2, -0.15) is 15.2 Å². The molecule has 0 saturated carbocycles. The summed E-state index contributed by atoms with van der Waals surface area (Å²) < 4.78 is 3.27. The Morgan fingerprint density at radius 1 is 1.11 bits per heavy atom. The predicted molar refractivity (Wildman–Crippen MR) is 142 cm³/mol. The number of hydrazone groups is 1. The SMILES string of the molecule is CCCc1c(Cc2ccc(-c3ccccc3)c(C3=NNC(=O)C3)c2)c(=O)n(CC(C)O)c2nc(C)nn12. The van der Waals surface area contributed by atoms with E-state index in [0.29, 0.717) is 35.7 Å². The average Bonchev–Trinajstić information content (AvgIpc) is 3.49. The lowest BCUT2D eigenvalue weighted by atomic mass is 9.91. The van der Waals surface area contributed by atoms with Crippen molar-refractivity contribution in [2.75, 3.05) is 0 Å². The molecule has 2 N–H and O–H groups in total. The smallest absolute Gasteiger partial charge is 0.258 e. The molecular formula is C28H30N6O3. The highest BCUT2D eigenvalue weighted by atomic mass is 16.3. The highest BCUT2D eigenvalue weighted by molar-refractivity contribution is 6.16. The van der Waals surface area contributed by atoms with Crippen LogP contribution < -0.4 is 11.0 Å². The van der Waals surface area contributed by atoms with Gasteiger partial charge in [0, 0.05) is 17.5 Å². The molecule has 1 aliphatic rings. The van der Waals surface area contributed by atoms with Gasteiger partial charge in [0.2, 0.25) is 11.7 Å². The van der Waals surface area contributed by atoms with Gasteiger partial charge in [-0.05, 0) is 43.0 Å². The van der Waals surface area contributed by atoms with Crippen LogP contribution in [-0.2, 0) is 24.2 Å². The third kappa shape index (κ3) is 4.82. The van der Waals surface area contributed by atoms with Crippen LogP contribution in [0.15, 0.2) is 58.4 Å². The number of hydrogen-bond acceptors (Lipinski definition) is 6. The molecule has 1 amide bonds. The summed E-state index contributed by atoms with van der Waals surface area (Å²) in [4.78, 5) is 30.2. The van der Waals surface area contributed by atoms with Crippen molar-refractivity contribution < 1.29 is 9.90 Å². The number of carbonyl (C=O) groups excluding carboxylic acids is 1. The molecule has 9 heteroatoms. The van der Waals surface area contributed by atoms with Gasteiger partial charge in [0.05, 0.1) is 30.5 Å². The Balaban J connectivity index is 1.66. The van der Waals surface area contributed by atoms with E-state index in [1.54, 1.807) is 18.4 Å². The maximum Gasteiger partial charge on any atom is 0.258 e. The molecule has 1 atom stereocenters. The molecule has 0 radical (unpaired) electrons. The molecule has 1 unspecified atom stereocenters. The van der Waals surface area contributed by atoms with Gasteiger partial charge in [-0.1, -0.05) is 55.8 Å². The summed E-state index contributed by atoms with van der Waals surface area (Å²) >= 11 is 0. The second kappa shape index (κ2) is 10.1. The van der Waals surface area contributed by atoms with Crippen LogP contribution in [0.1, 0.15) is 54.9 Å². The minimum atomic E-state index is -0.717. The van der Waals surface area contributed by atoms with Gasteiger partial charge in [0.25, 0.3) is 5.56 Å². The zero-order valence-electron chi connectivity index (χ0n) is 21.2. The molecule has 0 saturated heterocycles. The monoisotopic (exact) mass is 498 g/mol. The fourth-order valence-electron chi connectivity index (χ4n) is 4.89. The molecule has 0 aliphatic carbocycles. The van der Waals surface area contributed by atoms with Gasteiger partial charge >= 0.3 is 0 Å². The first-order valence-corrected chi connectivity index (χ1v) is 12.6. The summed E-state index contributed by atoms with van der Waals surface area (Å²) in [6, 6.07) is 16.0. The standard InChI is InChI=1S/C28H30N6O3/c1-4-8-25-23(27(37)33(16-17(2)35)28-29-18(3)32-34(25)28)14-19-11-12-21(20-9-6-5-7-10-20)22(13-19)24-15-26(36)31-30-24/h5-7,9-13,17,35H,4,8,14-16H2,1-3H3,(H,31,36). The van der Waals surface area contributed by atoms with Crippen molar-refractivity contribution in [2.45, 2.75) is 59.1 Å².